The van der Waals surface area contributed by atoms with Gasteiger partial charge in [0.15, 0.2) is 0 Å². The molecular weight excluding hydrogens is 336 g/mol. The van der Waals surface area contributed by atoms with Crippen LogP contribution in [0.2, 0.25) is 0 Å². The van der Waals surface area contributed by atoms with Crippen molar-refractivity contribution in [1.82, 2.24) is 0 Å². The monoisotopic (exact) mass is 348 g/mol. The lowest BCUT2D eigenvalue weighted by Crippen LogP contribution is -2.12. The Bertz CT molecular complexity index is 697. The van der Waals surface area contributed by atoms with E-state index in [-0.39, 0.29) is 11.3 Å². The molecule has 0 spiro atoms. The number of phenols is 1. The minimum absolute atomic E-state index is 0.0874. The van der Waals surface area contributed by atoms with Crippen LogP contribution in [0.25, 0.3) is 0 Å². The van der Waals surface area contributed by atoms with Gasteiger partial charge in [-0.3, -0.25) is 4.79 Å². The van der Waals surface area contributed by atoms with Crippen LogP contribution in [0.4, 0.5) is 5.69 Å². The lowest BCUT2D eigenvalue weighted by molar-refractivity contribution is 0.102. The van der Waals surface area contributed by atoms with Gasteiger partial charge in [-0.25, -0.2) is 0 Å². The van der Waals surface area contributed by atoms with Gasteiger partial charge in [0.05, 0.1) is 11.3 Å². The van der Waals surface area contributed by atoms with E-state index in [4.69, 9.17) is 5.21 Å². The number of aromatic hydroxyl groups is 1. The highest BCUT2D eigenvalue weighted by molar-refractivity contribution is 9.10. The normalized spacial score (nSPS) is 11.2. The van der Waals surface area contributed by atoms with Gasteiger partial charge in [-0.1, -0.05) is 33.2 Å². The van der Waals surface area contributed by atoms with E-state index in [2.05, 4.69) is 26.4 Å². The molecule has 0 radical (unpaired) electrons. The zero-order valence-electron chi connectivity index (χ0n) is 11.2. The summed E-state index contributed by atoms with van der Waals surface area (Å²) in [5, 5.41) is 24.2. The highest BCUT2D eigenvalue weighted by Gasteiger charge is 2.12. The molecule has 21 heavy (non-hydrogen) atoms. The van der Waals surface area contributed by atoms with Gasteiger partial charge in [-0.15, -0.1) is 0 Å². The predicted octanol–water partition coefficient (Wildman–Crippen LogP) is 3.61. The molecule has 5 nitrogen and oxygen atoms in total. The number of oxime groups is 1. The Labute approximate surface area is 130 Å². The molecule has 0 aliphatic carbocycles. The number of amides is 1. The van der Waals surface area contributed by atoms with Crippen molar-refractivity contribution in [2.24, 2.45) is 5.16 Å². The number of carbonyl (C=O) groups excluding carboxylic acids is 1. The number of nitrogens with zero attached hydrogens (tertiary/aromatic N) is 1. The molecule has 0 heterocycles. The Balaban J connectivity index is 2.18. The Morgan fingerprint density at radius 2 is 1.86 bits per heavy atom. The van der Waals surface area contributed by atoms with Crippen LogP contribution in [0.1, 0.15) is 22.8 Å². The zero-order chi connectivity index (χ0) is 15.4. The first-order chi connectivity index (χ1) is 10.0. The fourth-order valence-electron chi connectivity index (χ4n) is 1.74. The van der Waals surface area contributed by atoms with Crippen LogP contribution >= 0.6 is 15.9 Å². The fourth-order valence-corrected chi connectivity index (χ4v) is 2.10. The summed E-state index contributed by atoms with van der Waals surface area (Å²) in [5.41, 5.74) is 1.99. The van der Waals surface area contributed by atoms with Crippen molar-refractivity contribution in [2.45, 2.75) is 6.92 Å². The highest BCUT2D eigenvalue weighted by Crippen LogP contribution is 2.23. The summed E-state index contributed by atoms with van der Waals surface area (Å²) in [6.45, 7) is 1.67. The first kappa shape index (κ1) is 15.1. The largest absolute Gasteiger partial charge is 0.507 e. The third kappa shape index (κ3) is 3.61. The number of benzene rings is 2. The topological polar surface area (TPSA) is 81.9 Å². The molecule has 108 valence electrons. The van der Waals surface area contributed by atoms with Gasteiger partial charge in [-0.2, -0.15) is 0 Å². The molecule has 0 unspecified atom stereocenters. The number of hydrogen-bond donors (Lipinski definition) is 3. The second-order valence-electron chi connectivity index (χ2n) is 4.38. The van der Waals surface area contributed by atoms with Crippen molar-refractivity contribution in [3.05, 3.63) is 58.1 Å². The third-order valence-electron chi connectivity index (χ3n) is 2.91. The number of hydrogen-bond acceptors (Lipinski definition) is 4. The van der Waals surface area contributed by atoms with Crippen LogP contribution in [0.3, 0.4) is 0 Å². The molecule has 2 aromatic rings. The summed E-state index contributed by atoms with van der Waals surface area (Å²) in [6, 6.07) is 11.5. The van der Waals surface area contributed by atoms with Gasteiger partial charge in [0.1, 0.15) is 5.75 Å². The molecule has 0 saturated carbocycles. The summed E-state index contributed by atoms with van der Waals surface area (Å²) in [6.07, 6.45) is 0. The van der Waals surface area contributed by atoms with E-state index in [0.717, 1.165) is 5.56 Å². The van der Waals surface area contributed by atoms with Crippen molar-refractivity contribution in [1.29, 1.82) is 0 Å². The maximum absolute atomic E-state index is 12.1. The Hall–Kier alpha value is -2.34. The number of nitrogens with one attached hydrogen (secondary N) is 1. The molecule has 0 bridgehead atoms. The Morgan fingerprint density at radius 1 is 1.19 bits per heavy atom. The minimum atomic E-state index is -0.408. The van der Waals surface area contributed by atoms with Crippen LogP contribution in [-0.4, -0.2) is 21.9 Å². The highest BCUT2D eigenvalue weighted by atomic mass is 79.9. The first-order valence-corrected chi connectivity index (χ1v) is 6.89. The Morgan fingerprint density at radius 3 is 2.48 bits per heavy atom. The average molecular weight is 349 g/mol. The second-order valence-corrected chi connectivity index (χ2v) is 5.29. The SMILES string of the molecule is C/C(=N/O)c1ccc(NC(=O)c2cc(Br)ccc2O)cc1. The van der Waals surface area contributed by atoms with Gasteiger partial charge in [0.25, 0.3) is 5.91 Å². The van der Waals surface area contributed by atoms with Gasteiger partial charge in [-0.05, 0) is 42.8 Å². The first-order valence-electron chi connectivity index (χ1n) is 6.10. The number of rotatable bonds is 3. The fraction of sp³-hybridized carbons (Fsp3) is 0.0667. The standard InChI is InChI=1S/C15H13BrN2O3/c1-9(18-21)10-2-5-12(6-3-10)17-15(20)13-8-11(16)4-7-14(13)19/h2-8,19,21H,1H3,(H,17,20)/b18-9-. The van der Waals surface area contributed by atoms with Crippen molar-refractivity contribution in [3.63, 3.8) is 0 Å². The van der Waals surface area contributed by atoms with Crippen molar-refractivity contribution in [2.75, 3.05) is 5.32 Å². The molecule has 1 amide bonds. The molecular formula is C15H13BrN2O3. The third-order valence-corrected chi connectivity index (χ3v) is 3.41. The smallest absolute Gasteiger partial charge is 0.259 e. The van der Waals surface area contributed by atoms with Gasteiger partial charge < -0.3 is 15.6 Å². The van der Waals surface area contributed by atoms with Crippen molar-refractivity contribution in [3.8, 4) is 5.75 Å². The lowest BCUT2D eigenvalue weighted by Gasteiger charge is -2.08. The summed E-state index contributed by atoms with van der Waals surface area (Å²) in [7, 11) is 0. The van der Waals surface area contributed by atoms with E-state index in [1.807, 2.05) is 0 Å². The molecule has 2 aromatic carbocycles. The molecule has 0 aromatic heterocycles. The molecule has 0 aliphatic rings. The minimum Gasteiger partial charge on any atom is -0.507 e. The van der Waals surface area contributed by atoms with Gasteiger partial charge >= 0.3 is 0 Å². The van der Waals surface area contributed by atoms with Crippen LogP contribution in [-0.2, 0) is 0 Å². The van der Waals surface area contributed by atoms with Gasteiger partial charge in [0.2, 0.25) is 0 Å². The molecule has 2 rings (SSSR count). The second kappa shape index (κ2) is 6.41. The van der Waals surface area contributed by atoms with Crippen LogP contribution in [0, 0.1) is 0 Å². The van der Waals surface area contributed by atoms with Gasteiger partial charge in [0, 0.05) is 10.2 Å². The zero-order valence-corrected chi connectivity index (χ0v) is 12.8. The molecule has 3 N–H and O–H groups in total. The molecule has 6 heteroatoms. The molecule has 0 aliphatic heterocycles. The lowest BCUT2D eigenvalue weighted by atomic mass is 10.1. The van der Waals surface area contributed by atoms with E-state index in [1.165, 1.54) is 6.07 Å². The quantitative estimate of drug-likeness (QED) is 0.450. The van der Waals surface area contributed by atoms with E-state index in [1.54, 1.807) is 43.3 Å². The number of anilines is 1. The average Bonchev–Trinajstić information content (AvgIpc) is 2.49. The maximum atomic E-state index is 12.1. The number of carbonyl (C=O) groups is 1. The summed E-state index contributed by atoms with van der Waals surface area (Å²) >= 11 is 3.26. The van der Waals surface area contributed by atoms with Crippen LogP contribution in [0.15, 0.2) is 52.1 Å². The van der Waals surface area contributed by atoms with E-state index in [9.17, 15) is 9.90 Å². The van der Waals surface area contributed by atoms with E-state index in [0.29, 0.717) is 15.9 Å². The summed E-state index contributed by atoms with van der Waals surface area (Å²) in [5.74, 6) is -0.496. The number of phenolic OH excluding ortho intramolecular Hbond substituents is 1. The molecule has 0 fully saturated rings. The van der Waals surface area contributed by atoms with Crippen molar-refractivity contribution < 1.29 is 15.1 Å². The van der Waals surface area contributed by atoms with E-state index < -0.39 is 5.91 Å². The summed E-state index contributed by atoms with van der Waals surface area (Å²) in [4.78, 5) is 12.1. The molecule has 0 atom stereocenters. The van der Waals surface area contributed by atoms with Crippen LogP contribution < -0.4 is 5.32 Å². The predicted molar refractivity (Wildman–Crippen MR) is 84.2 cm³/mol. The Kier molecular flexibility index (Phi) is 4.59. The van der Waals surface area contributed by atoms with Crippen LogP contribution in [0.5, 0.6) is 5.75 Å². The molecule has 0 saturated heterocycles. The van der Waals surface area contributed by atoms with Crippen molar-refractivity contribution >= 4 is 33.2 Å². The van der Waals surface area contributed by atoms with E-state index >= 15 is 0 Å². The number of halogens is 1. The summed E-state index contributed by atoms with van der Waals surface area (Å²) < 4.78 is 0.704. The maximum Gasteiger partial charge on any atom is 0.259 e.